The molecule has 4 rings (SSSR count). The van der Waals surface area contributed by atoms with Gasteiger partial charge in [-0.2, -0.15) is 9.61 Å². The second kappa shape index (κ2) is 5.48. The number of aryl methyl sites for hydroxylation is 1. The summed E-state index contributed by atoms with van der Waals surface area (Å²) in [5, 5.41) is 21.4. The number of carboxylic acids is 1. The van der Waals surface area contributed by atoms with Crippen LogP contribution in [0.15, 0.2) is 41.5 Å². The van der Waals surface area contributed by atoms with Crippen molar-refractivity contribution in [1.29, 1.82) is 0 Å². The smallest absolute Gasteiger partial charge is 0.323 e. The summed E-state index contributed by atoms with van der Waals surface area (Å²) in [5.41, 5.74) is 2.59. The van der Waals surface area contributed by atoms with Crippen molar-refractivity contribution in [3.63, 3.8) is 0 Å². The van der Waals surface area contributed by atoms with Crippen LogP contribution in [0.25, 0.3) is 27.9 Å². The van der Waals surface area contributed by atoms with Crippen molar-refractivity contribution in [2.75, 3.05) is 0 Å². The largest absolute Gasteiger partial charge is 0.480 e. The molecule has 1 N–H and O–H groups in total. The minimum atomic E-state index is -1.14. The third kappa shape index (κ3) is 2.33. The Balaban J connectivity index is 2.02. The van der Waals surface area contributed by atoms with E-state index in [1.807, 2.05) is 37.3 Å². The zero-order chi connectivity index (χ0) is 17.6. The fourth-order valence-corrected chi connectivity index (χ4v) is 2.77. The lowest BCUT2D eigenvalue weighted by molar-refractivity contribution is -0.137. The Morgan fingerprint density at radius 2 is 1.92 bits per heavy atom. The van der Waals surface area contributed by atoms with Crippen LogP contribution in [0.2, 0.25) is 0 Å². The van der Waals surface area contributed by atoms with Crippen molar-refractivity contribution in [3.05, 3.63) is 52.7 Å². The standard InChI is InChI=1S/C16H12N6O3/c1-9-12(10-5-3-2-4-6-10)14-19-18-13-15(22(14)20-9)17-8-21(16(13)25)7-11(23)24/h2-6,8H,7H2,1H3,(H,23,24). The minimum Gasteiger partial charge on any atom is -0.480 e. The molecule has 0 aliphatic heterocycles. The lowest BCUT2D eigenvalue weighted by Crippen LogP contribution is -2.26. The highest BCUT2D eigenvalue weighted by molar-refractivity contribution is 5.83. The first kappa shape index (κ1) is 14.9. The van der Waals surface area contributed by atoms with Gasteiger partial charge in [-0.3, -0.25) is 14.2 Å². The van der Waals surface area contributed by atoms with Gasteiger partial charge in [0.1, 0.15) is 12.9 Å². The second-order valence-electron chi connectivity index (χ2n) is 5.51. The van der Waals surface area contributed by atoms with Gasteiger partial charge in [0.25, 0.3) is 5.56 Å². The van der Waals surface area contributed by atoms with E-state index in [0.717, 1.165) is 21.4 Å². The second-order valence-corrected chi connectivity index (χ2v) is 5.51. The van der Waals surface area contributed by atoms with Crippen LogP contribution in [0.3, 0.4) is 0 Å². The van der Waals surface area contributed by atoms with Gasteiger partial charge in [-0.25, -0.2) is 4.98 Å². The van der Waals surface area contributed by atoms with E-state index in [-0.39, 0.29) is 11.2 Å². The highest BCUT2D eigenvalue weighted by Gasteiger charge is 2.18. The Hall–Kier alpha value is -3.62. The van der Waals surface area contributed by atoms with E-state index in [1.54, 1.807) is 0 Å². The molecule has 0 aliphatic rings. The Bertz CT molecular complexity index is 1180. The molecule has 0 atom stereocenters. The molecule has 3 aromatic heterocycles. The lowest BCUT2D eigenvalue weighted by atomic mass is 10.1. The summed E-state index contributed by atoms with van der Waals surface area (Å²) in [6.07, 6.45) is 1.18. The van der Waals surface area contributed by atoms with Gasteiger partial charge in [-0.1, -0.05) is 30.3 Å². The maximum Gasteiger partial charge on any atom is 0.323 e. The number of carbonyl (C=O) groups is 1. The first-order chi connectivity index (χ1) is 12.1. The Morgan fingerprint density at radius 1 is 1.16 bits per heavy atom. The monoisotopic (exact) mass is 336 g/mol. The Morgan fingerprint density at radius 3 is 2.64 bits per heavy atom. The molecular formula is C16H12N6O3. The van der Waals surface area contributed by atoms with E-state index in [4.69, 9.17) is 5.11 Å². The normalized spacial score (nSPS) is 11.2. The summed E-state index contributed by atoms with van der Waals surface area (Å²) in [6.45, 7) is 1.35. The summed E-state index contributed by atoms with van der Waals surface area (Å²) < 4.78 is 2.44. The van der Waals surface area contributed by atoms with E-state index < -0.39 is 18.1 Å². The quantitative estimate of drug-likeness (QED) is 0.591. The lowest BCUT2D eigenvalue weighted by Gasteiger charge is -2.04. The summed E-state index contributed by atoms with van der Waals surface area (Å²) >= 11 is 0. The van der Waals surface area contributed by atoms with E-state index >= 15 is 0 Å². The van der Waals surface area contributed by atoms with Crippen molar-refractivity contribution in [1.82, 2.24) is 29.4 Å². The van der Waals surface area contributed by atoms with Crippen LogP contribution in [-0.4, -0.2) is 40.4 Å². The van der Waals surface area contributed by atoms with Crippen LogP contribution in [0.5, 0.6) is 0 Å². The van der Waals surface area contributed by atoms with Gasteiger partial charge in [0.2, 0.25) is 0 Å². The predicted octanol–water partition coefficient (Wildman–Crippen LogP) is 0.894. The maximum atomic E-state index is 12.4. The van der Waals surface area contributed by atoms with E-state index in [0.29, 0.717) is 5.65 Å². The van der Waals surface area contributed by atoms with E-state index in [9.17, 15) is 9.59 Å². The van der Waals surface area contributed by atoms with Gasteiger partial charge in [-0.05, 0) is 12.5 Å². The Labute approximate surface area is 140 Å². The summed E-state index contributed by atoms with van der Waals surface area (Å²) in [4.78, 5) is 27.4. The molecule has 0 unspecified atom stereocenters. The fourth-order valence-electron chi connectivity index (χ4n) is 2.77. The first-order valence-electron chi connectivity index (χ1n) is 7.44. The fraction of sp³-hybridized carbons (Fsp3) is 0.125. The van der Waals surface area contributed by atoms with Crippen molar-refractivity contribution >= 4 is 22.8 Å². The van der Waals surface area contributed by atoms with Crippen LogP contribution in [0.4, 0.5) is 0 Å². The molecule has 0 aliphatic carbocycles. The third-order valence-electron chi connectivity index (χ3n) is 3.84. The molecule has 0 saturated heterocycles. The number of fused-ring (bicyclic) bond motifs is 3. The van der Waals surface area contributed by atoms with Gasteiger partial charge in [0.15, 0.2) is 16.8 Å². The van der Waals surface area contributed by atoms with Crippen molar-refractivity contribution < 1.29 is 9.90 Å². The SMILES string of the molecule is Cc1nn2c(nnc3c(=O)n(CC(=O)O)cnc32)c1-c1ccccc1. The summed E-state index contributed by atoms with van der Waals surface area (Å²) in [6, 6.07) is 9.62. The molecule has 9 heteroatoms. The summed E-state index contributed by atoms with van der Waals surface area (Å²) in [7, 11) is 0. The molecule has 1 aromatic carbocycles. The van der Waals surface area contributed by atoms with Crippen molar-refractivity contribution in [2.45, 2.75) is 13.5 Å². The van der Waals surface area contributed by atoms with Gasteiger partial charge in [-0.15, -0.1) is 10.2 Å². The van der Waals surface area contributed by atoms with E-state index in [1.165, 1.54) is 10.8 Å². The number of hydrogen-bond acceptors (Lipinski definition) is 6. The van der Waals surface area contributed by atoms with Crippen LogP contribution >= 0.6 is 0 Å². The van der Waals surface area contributed by atoms with Gasteiger partial charge < -0.3 is 5.11 Å². The van der Waals surface area contributed by atoms with Crippen LogP contribution in [-0.2, 0) is 11.3 Å². The molecule has 0 bridgehead atoms. The zero-order valence-electron chi connectivity index (χ0n) is 13.1. The molecule has 0 fully saturated rings. The molecule has 0 saturated carbocycles. The number of nitrogens with zero attached hydrogens (tertiary/aromatic N) is 6. The number of aliphatic carboxylic acids is 1. The molecular weight excluding hydrogens is 324 g/mol. The van der Waals surface area contributed by atoms with Crippen molar-refractivity contribution in [2.24, 2.45) is 0 Å². The van der Waals surface area contributed by atoms with Gasteiger partial charge in [0.05, 0.1) is 11.3 Å². The third-order valence-corrected chi connectivity index (χ3v) is 3.84. The highest BCUT2D eigenvalue weighted by atomic mass is 16.4. The number of hydrogen-bond donors (Lipinski definition) is 1. The van der Waals surface area contributed by atoms with E-state index in [2.05, 4.69) is 20.3 Å². The van der Waals surface area contributed by atoms with Crippen LogP contribution in [0, 0.1) is 6.92 Å². The minimum absolute atomic E-state index is 0.0293. The van der Waals surface area contributed by atoms with Gasteiger partial charge >= 0.3 is 5.97 Å². The molecule has 4 aromatic rings. The molecule has 9 nitrogen and oxygen atoms in total. The molecule has 124 valence electrons. The Kier molecular flexibility index (Phi) is 3.27. The number of carboxylic acid groups (broad SMARTS) is 1. The van der Waals surface area contributed by atoms with Crippen LogP contribution in [0.1, 0.15) is 5.69 Å². The number of rotatable bonds is 3. The predicted molar refractivity (Wildman–Crippen MR) is 88.2 cm³/mol. The molecule has 25 heavy (non-hydrogen) atoms. The first-order valence-corrected chi connectivity index (χ1v) is 7.44. The molecule has 0 amide bonds. The average Bonchev–Trinajstić information content (AvgIpc) is 2.94. The molecule has 3 heterocycles. The summed E-state index contributed by atoms with van der Waals surface area (Å²) in [5.74, 6) is -1.14. The maximum absolute atomic E-state index is 12.4. The zero-order valence-corrected chi connectivity index (χ0v) is 13.1. The van der Waals surface area contributed by atoms with Crippen molar-refractivity contribution in [3.8, 4) is 11.1 Å². The van der Waals surface area contributed by atoms with Gasteiger partial charge in [0, 0.05) is 0 Å². The topological polar surface area (TPSA) is 115 Å². The molecule has 0 radical (unpaired) electrons. The van der Waals surface area contributed by atoms with Crippen LogP contribution < -0.4 is 5.56 Å². The molecule has 0 spiro atoms. The highest BCUT2D eigenvalue weighted by Crippen LogP contribution is 2.27. The number of benzene rings is 1. The number of aromatic nitrogens is 6. The average molecular weight is 336 g/mol.